The summed E-state index contributed by atoms with van der Waals surface area (Å²) in [5.41, 5.74) is 8.55. The van der Waals surface area contributed by atoms with E-state index in [9.17, 15) is 13.7 Å². The molecule has 0 atom stereocenters. The lowest BCUT2D eigenvalue weighted by Gasteiger charge is -2.34. The van der Waals surface area contributed by atoms with Crippen molar-refractivity contribution < 1.29 is 13.2 Å². The Bertz CT molecular complexity index is 1350. The van der Waals surface area contributed by atoms with Gasteiger partial charge < -0.3 is 15.4 Å². The molecule has 4 rings (SSSR count). The van der Waals surface area contributed by atoms with E-state index >= 15 is 0 Å². The maximum Gasteiger partial charge on any atom is 0.224 e. The molecule has 1 aromatic carbocycles. The summed E-state index contributed by atoms with van der Waals surface area (Å²) < 4.78 is 31.3. The van der Waals surface area contributed by atoms with Gasteiger partial charge in [0.05, 0.1) is 23.6 Å². The molecule has 35 heavy (non-hydrogen) atoms. The van der Waals surface area contributed by atoms with Crippen molar-refractivity contribution in [2.75, 3.05) is 43.9 Å². The summed E-state index contributed by atoms with van der Waals surface area (Å²) in [6.45, 7) is 4.11. The van der Waals surface area contributed by atoms with E-state index < -0.39 is 10.0 Å². The van der Waals surface area contributed by atoms with Crippen LogP contribution in [0.1, 0.15) is 17.0 Å². The average Bonchev–Trinajstić information content (AvgIpc) is 2.84. The van der Waals surface area contributed by atoms with Crippen LogP contribution in [0, 0.1) is 18.3 Å². The van der Waals surface area contributed by atoms with Crippen LogP contribution in [0.4, 0.5) is 5.82 Å². The fourth-order valence-corrected chi connectivity index (χ4v) is 4.71. The standard InChI is InChI=1S/C24H27N7O3S/c1-17-28-23(30-9-11-31(12-10-30)35(2,32)33)14-24(29-17)34-22-13-19(15-26)3-5-20(22)21-6-4-18(7-8-25)16-27-21/h3-6,13-14,16H,7-12,25H2,1-2H3. The van der Waals surface area contributed by atoms with Gasteiger partial charge in [-0.25, -0.2) is 13.4 Å². The highest BCUT2D eigenvalue weighted by Crippen LogP contribution is 2.34. The SMILES string of the molecule is Cc1nc(Oc2cc(C#N)ccc2-c2ccc(CCN)cn2)cc(N2CCN(S(C)(=O)=O)CC2)n1. The smallest absolute Gasteiger partial charge is 0.224 e. The van der Waals surface area contributed by atoms with Gasteiger partial charge in [-0.15, -0.1) is 0 Å². The van der Waals surface area contributed by atoms with Gasteiger partial charge in [-0.1, -0.05) is 6.07 Å². The minimum Gasteiger partial charge on any atom is -0.438 e. The Kier molecular flexibility index (Phi) is 7.25. The highest BCUT2D eigenvalue weighted by Gasteiger charge is 2.25. The van der Waals surface area contributed by atoms with Crippen LogP contribution >= 0.6 is 0 Å². The van der Waals surface area contributed by atoms with Crippen molar-refractivity contribution in [1.29, 1.82) is 5.26 Å². The second kappa shape index (κ2) is 10.4. The quantitative estimate of drug-likeness (QED) is 0.524. The second-order valence-electron chi connectivity index (χ2n) is 8.28. The molecule has 1 aliphatic heterocycles. The topological polar surface area (TPSA) is 138 Å². The maximum absolute atomic E-state index is 11.8. The van der Waals surface area contributed by atoms with Crippen molar-refractivity contribution in [3.8, 4) is 29.0 Å². The molecule has 1 saturated heterocycles. The molecular formula is C24H27N7O3S. The zero-order chi connectivity index (χ0) is 25.0. The van der Waals surface area contributed by atoms with Crippen LogP contribution in [0.3, 0.4) is 0 Å². The van der Waals surface area contributed by atoms with Crippen LogP contribution in [0.5, 0.6) is 11.6 Å². The van der Waals surface area contributed by atoms with Crippen LogP contribution in [0.2, 0.25) is 0 Å². The average molecular weight is 494 g/mol. The zero-order valence-electron chi connectivity index (χ0n) is 19.7. The lowest BCUT2D eigenvalue weighted by atomic mass is 10.1. The monoisotopic (exact) mass is 493 g/mol. The van der Waals surface area contributed by atoms with Crippen molar-refractivity contribution in [2.24, 2.45) is 5.73 Å². The molecule has 11 heteroatoms. The third kappa shape index (κ3) is 5.92. The number of sulfonamides is 1. The Morgan fingerprint density at radius 3 is 2.51 bits per heavy atom. The van der Waals surface area contributed by atoms with E-state index in [0.29, 0.717) is 67.3 Å². The summed E-state index contributed by atoms with van der Waals surface area (Å²) in [6.07, 6.45) is 3.75. The predicted molar refractivity (Wildman–Crippen MR) is 133 cm³/mol. The minimum absolute atomic E-state index is 0.328. The molecule has 3 aromatic rings. The number of nitrogens with two attached hydrogens (primary N) is 1. The number of benzene rings is 1. The van der Waals surface area contributed by atoms with Crippen LogP contribution in [-0.4, -0.2) is 66.7 Å². The summed E-state index contributed by atoms with van der Waals surface area (Å²) in [4.78, 5) is 15.5. The van der Waals surface area contributed by atoms with E-state index in [4.69, 9.17) is 10.5 Å². The summed E-state index contributed by atoms with van der Waals surface area (Å²) >= 11 is 0. The van der Waals surface area contributed by atoms with Gasteiger partial charge in [0, 0.05) is 44.0 Å². The molecule has 2 aromatic heterocycles. The number of nitriles is 1. The van der Waals surface area contributed by atoms with E-state index in [2.05, 4.69) is 21.0 Å². The van der Waals surface area contributed by atoms with Crippen LogP contribution < -0.4 is 15.4 Å². The molecule has 1 aliphatic rings. The number of rotatable bonds is 7. The molecule has 1 fully saturated rings. The van der Waals surface area contributed by atoms with E-state index in [1.54, 1.807) is 37.4 Å². The Balaban J connectivity index is 1.61. The molecule has 0 aliphatic carbocycles. The molecule has 0 bridgehead atoms. The first-order valence-electron chi connectivity index (χ1n) is 11.2. The van der Waals surface area contributed by atoms with Crippen LogP contribution in [0.25, 0.3) is 11.3 Å². The van der Waals surface area contributed by atoms with Crippen LogP contribution in [-0.2, 0) is 16.4 Å². The van der Waals surface area contributed by atoms with E-state index in [1.165, 1.54) is 10.6 Å². The molecule has 0 radical (unpaired) electrons. The lowest BCUT2D eigenvalue weighted by molar-refractivity contribution is 0.386. The fraction of sp³-hybridized carbons (Fsp3) is 0.333. The fourth-order valence-electron chi connectivity index (χ4n) is 3.89. The van der Waals surface area contributed by atoms with Gasteiger partial charge in [0.25, 0.3) is 0 Å². The lowest BCUT2D eigenvalue weighted by Crippen LogP contribution is -2.48. The second-order valence-corrected chi connectivity index (χ2v) is 10.3. The molecule has 2 N–H and O–H groups in total. The third-order valence-electron chi connectivity index (χ3n) is 5.69. The predicted octanol–water partition coefficient (Wildman–Crippen LogP) is 2.09. The number of ether oxygens (including phenoxy) is 1. The molecule has 0 saturated carbocycles. The number of piperazine rings is 1. The van der Waals surface area contributed by atoms with Crippen LogP contribution in [0.15, 0.2) is 42.6 Å². The Morgan fingerprint density at radius 2 is 1.89 bits per heavy atom. The summed E-state index contributed by atoms with van der Waals surface area (Å²) in [6, 6.07) is 12.9. The zero-order valence-corrected chi connectivity index (χ0v) is 20.5. The molecule has 0 spiro atoms. The van der Waals surface area contributed by atoms with Gasteiger partial charge >= 0.3 is 0 Å². The maximum atomic E-state index is 11.8. The van der Waals surface area contributed by atoms with E-state index in [1.807, 2.05) is 17.0 Å². The van der Waals surface area contributed by atoms with Gasteiger partial charge in [-0.05, 0) is 49.7 Å². The highest BCUT2D eigenvalue weighted by molar-refractivity contribution is 7.88. The number of hydrogen-bond acceptors (Lipinski definition) is 9. The van der Waals surface area contributed by atoms with Crippen molar-refractivity contribution in [3.05, 3.63) is 59.5 Å². The number of pyridine rings is 1. The van der Waals surface area contributed by atoms with Crippen molar-refractivity contribution in [1.82, 2.24) is 19.3 Å². The third-order valence-corrected chi connectivity index (χ3v) is 6.99. The number of anilines is 1. The minimum atomic E-state index is -3.22. The van der Waals surface area contributed by atoms with Gasteiger partial charge in [0.2, 0.25) is 15.9 Å². The summed E-state index contributed by atoms with van der Waals surface area (Å²) in [5.74, 6) is 1.95. The molecule has 10 nitrogen and oxygen atoms in total. The van der Waals surface area contributed by atoms with E-state index in [0.717, 1.165) is 17.5 Å². The summed E-state index contributed by atoms with van der Waals surface area (Å²) in [7, 11) is -3.22. The largest absolute Gasteiger partial charge is 0.438 e. The van der Waals surface area contributed by atoms with Gasteiger partial charge in [0.15, 0.2) is 0 Å². The molecular weight excluding hydrogens is 466 g/mol. The van der Waals surface area contributed by atoms with Gasteiger partial charge in [-0.2, -0.15) is 14.6 Å². The number of hydrogen-bond donors (Lipinski definition) is 1. The Labute approximate surface area is 205 Å². The molecule has 0 amide bonds. The first kappa shape index (κ1) is 24.5. The number of aryl methyl sites for hydroxylation is 1. The number of nitrogens with zero attached hydrogens (tertiary/aromatic N) is 6. The van der Waals surface area contributed by atoms with Gasteiger partial charge in [0.1, 0.15) is 17.4 Å². The Morgan fingerprint density at radius 1 is 1.11 bits per heavy atom. The van der Waals surface area contributed by atoms with E-state index in [-0.39, 0.29) is 0 Å². The normalized spacial score (nSPS) is 14.5. The van der Waals surface area contributed by atoms with Crippen molar-refractivity contribution >= 4 is 15.8 Å². The molecule has 3 heterocycles. The number of aromatic nitrogens is 3. The molecule has 0 unspecified atom stereocenters. The van der Waals surface area contributed by atoms with Crippen molar-refractivity contribution in [3.63, 3.8) is 0 Å². The Hall–Kier alpha value is -3.59. The first-order chi connectivity index (χ1) is 16.8. The highest BCUT2D eigenvalue weighted by atomic mass is 32.2. The van der Waals surface area contributed by atoms with Gasteiger partial charge in [-0.3, -0.25) is 4.98 Å². The first-order valence-corrected chi connectivity index (χ1v) is 13.0. The molecule has 182 valence electrons. The summed E-state index contributed by atoms with van der Waals surface area (Å²) in [5, 5.41) is 9.41. The van der Waals surface area contributed by atoms with Crippen molar-refractivity contribution in [2.45, 2.75) is 13.3 Å².